The minimum absolute atomic E-state index is 0.0374. The average molecular weight is 473 g/mol. The van der Waals surface area contributed by atoms with Gasteiger partial charge in [-0.05, 0) is 81.4 Å². The minimum atomic E-state index is -3.98. The van der Waals surface area contributed by atoms with E-state index < -0.39 is 22.5 Å². The molecular formula is C24H25ClN2O4S. The van der Waals surface area contributed by atoms with E-state index in [1.165, 1.54) is 12.1 Å². The van der Waals surface area contributed by atoms with Crippen LogP contribution < -0.4 is 14.4 Å². The van der Waals surface area contributed by atoms with Crippen LogP contribution in [0.2, 0.25) is 5.02 Å². The summed E-state index contributed by atoms with van der Waals surface area (Å²) in [4.78, 5) is 12.9. The van der Waals surface area contributed by atoms with Crippen molar-refractivity contribution in [1.29, 1.82) is 0 Å². The summed E-state index contributed by atoms with van der Waals surface area (Å²) in [5, 5.41) is 3.21. The van der Waals surface area contributed by atoms with Gasteiger partial charge in [0.05, 0.1) is 16.7 Å². The number of carbonyl (C=O) groups is 1. The molecule has 8 heteroatoms. The summed E-state index contributed by atoms with van der Waals surface area (Å²) in [6.45, 7) is 5.32. The van der Waals surface area contributed by atoms with Crippen LogP contribution in [0.1, 0.15) is 19.4 Å². The van der Waals surface area contributed by atoms with Crippen LogP contribution in [-0.2, 0) is 14.8 Å². The lowest BCUT2D eigenvalue weighted by atomic mass is 10.2. The Labute approximate surface area is 193 Å². The monoisotopic (exact) mass is 472 g/mol. The van der Waals surface area contributed by atoms with Crippen molar-refractivity contribution in [3.8, 4) is 5.75 Å². The van der Waals surface area contributed by atoms with Gasteiger partial charge in [-0.3, -0.25) is 9.10 Å². The number of hydrogen-bond acceptors (Lipinski definition) is 4. The third-order valence-electron chi connectivity index (χ3n) is 4.52. The molecule has 0 radical (unpaired) electrons. The van der Waals surface area contributed by atoms with Crippen molar-refractivity contribution >= 4 is 38.9 Å². The van der Waals surface area contributed by atoms with Gasteiger partial charge in [0.2, 0.25) is 5.91 Å². The van der Waals surface area contributed by atoms with Gasteiger partial charge in [-0.25, -0.2) is 8.42 Å². The van der Waals surface area contributed by atoms with Gasteiger partial charge < -0.3 is 10.1 Å². The van der Waals surface area contributed by atoms with Crippen molar-refractivity contribution in [2.45, 2.75) is 31.8 Å². The number of carbonyl (C=O) groups excluding carboxylic acids is 1. The van der Waals surface area contributed by atoms with E-state index in [0.717, 1.165) is 9.87 Å². The SMILES string of the molecule is Cc1ccc(S(=O)(=O)N(CC(=O)Nc2ccc(OC(C)C)cc2)c2ccc(Cl)cc2)cc1. The fourth-order valence-corrected chi connectivity index (χ4v) is 4.53. The first-order valence-corrected chi connectivity index (χ1v) is 11.9. The molecule has 0 aliphatic carbocycles. The second-order valence-electron chi connectivity index (χ2n) is 7.54. The first-order valence-electron chi connectivity index (χ1n) is 10.1. The summed E-state index contributed by atoms with van der Waals surface area (Å²) in [6.07, 6.45) is 0.0374. The van der Waals surface area contributed by atoms with Crippen molar-refractivity contribution in [2.24, 2.45) is 0 Å². The third-order valence-corrected chi connectivity index (χ3v) is 6.56. The molecule has 0 bridgehead atoms. The standard InChI is InChI=1S/C24H25ClN2O4S/c1-17(2)31-22-12-8-20(9-13-22)26-24(28)16-27(21-10-6-19(25)7-11-21)32(29,30)23-14-4-18(3)5-15-23/h4-15,17H,16H2,1-3H3,(H,26,28). The van der Waals surface area contributed by atoms with E-state index in [1.54, 1.807) is 60.7 Å². The molecule has 32 heavy (non-hydrogen) atoms. The summed E-state index contributed by atoms with van der Waals surface area (Å²) in [6, 6.07) is 19.7. The van der Waals surface area contributed by atoms with E-state index in [0.29, 0.717) is 22.1 Å². The number of sulfonamides is 1. The highest BCUT2D eigenvalue weighted by Gasteiger charge is 2.27. The van der Waals surface area contributed by atoms with Gasteiger partial charge in [-0.15, -0.1) is 0 Å². The molecule has 3 aromatic rings. The molecule has 0 spiro atoms. The summed E-state index contributed by atoms with van der Waals surface area (Å²) >= 11 is 5.96. The number of halogens is 1. The molecule has 0 atom stereocenters. The van der Waals surface area contributed by atoms with Crippen LogP contribution in [0.25, 0.3) is 0 Å². The Morgan fingerprint density at radius 2 is 1.56 bits per heavy atom. The van der Waals surface area contributed by atoms with Crippen LogP contribution in [0.15, 0.2) is 77.7 Å². The number of nitrogens with one attached hydrogen (secondary N) is 1. The maximum Gasteiger partial charge on any atom is 0.264 e. The molecule has 0 heterocycles. The molecule has 0 aliphatic heterocycles. The fourth-order valence-electron chi connectivity index (χ4n) is 2.98. The molecule has 0 saturated carbocycles. The molecule has 6 nitrogen and oxygen atoms in total. The molecule has 0 unspecified atom stereocenters. The van der Waals surface area contributed by atoms with E-state index in [-0.39, 0.29) is 11.0 Å². The number of amides is 1. The second kappa shape index (κ2) is 10.1. The molecular weight excluding hydrogens is 448 g/mol. The van der Waals surface area contributed by atoms with Crippen LogP contribution in [0, 0.1) is 6.92 Å². The number of anilines is 2. The Morgan fingerprint density at radius 3 is 2.12 bits per heavy atom. The van der Waals surface area contributed by atoms with Crippen molar-refractivity contribution in [2.75, 3.05) is 16.2 Å². The van der Waals surface area contributed by atoms with Gasteiger partial charge in [0.15, 0.2) is 0 Å². The van der Waals surface area contributed by atoms with Gasteiger partial charge in [-0.2, -0.15) is 0 Å². The topological polar surface area (TPSA) is 75.7 Å². The lowest BCUT2D eigenvalue weighted by Gasteiger charge is -2.24. The largest absolute Gasteiger partial charge is 0.491 e. The van der Waals surface area contributed by atoms with Crippen LogP contribution in [0.5, 0.6) is 5.75 Å². The molecule has 3 rings (SSSR count). The fraction of sp³-hybridized carbons (Fsp3) is 0.208. The Balaban J connectivity index is 1.84. The summed E-state index contributed by atoms with van der Waals surface area (Å²) < 4.78 is 33.4. The zero-order valence-corrected chi connectivity index (χ0v) is 19.7. The van der Waals surface area contributed by atoms with Crippen molar-refractivity contribution in [3.05, 3.63) is 83.4 Å². The third kappa shape index (κ3) is 6.02. The van der Waals surface area contributed by atoms with E-state index in [4.69, 9.17) is 16.3 Å². The van der Waals surface area contributed by atoms with Crippen molar-refractivity contribution in [1.82, 2.24) is 0 Å². The quantitative estimate of drug-likeness (QED) is 0.484. The van der Waals surface area contributed by atoms with Gasteiger partial charge in [0.25, 0.3) is 10.0 Å². The molecule has 1 amide bonds. The molecule has 168 valence electrons. The van der Waals surface area contributed by atoms with Crippen LogP contribution in [-0.4, -0.2) is 27.0 Å². The van der Waals surface area contributed by atoms with Gasteiger partial charge in [0, 0.05) is 10.7 Å². The first-order chi connectivity index (χ1) is 15.1. The van der Waals surface area contributed by atoms with Gasteiger partial charge >= 0.3 is 0 Å². The van der Waals surface area contributed by atoms with E-state index in [1.807, 2.05) is 20.8 Å². The molecule has 0 aromatic heterocycles. The Morgan fingerprint density at radius 1 is 0.969 bits per heavy atom. The minimum Gasteiger partial charge on any atom is -0.491 e. The number of aryl methyl sites for hydroxylation is 1. The van der Waals surface area contributed by atoms with Gasteiger partial charge in [0.1, 0.15) is 12.3 Å². The molecule has 3 aromatic carbocycles. The molecule has 0 aliphatic rings. The first kappa shape index (κ1) is 23.6. The second-order valence-corrected chi connectivity index (χ2v) is 9.84. The predicted octanol–water partition coefficient (Wildman–Crippen LogP) is 5.27. The lowest BCUT2D eigenvalue weighted by molar-refractivity contribution is -0.114. The van der Waals surface area contributed by atoms with Crippen LogP contribution in [0.3, 0.4) is 0 Å². The maximum absolute atomic E-state index is 13.4. The van der Waals surface area contributed by atoms with Crippen molar-refractivity contribution in [3.63, 3.8) is 0 Å². The highest BCUT2D eigenvalue weighted by molar-refractivity contribution is 7.92. The number of ether oxygens (including phenoxy) is 1. The molecule has 0 fully saturated rings. The Bertz CT molecular complexity index is 1160. The normalized spacial score (nSPS) is 11.3. The average Bonchev–Trinajstić information content (AvgIpc) is 2.74. The predicted molar refractivity (Wildman–Crippen MR) is 128 cm³/mol. The molecule has 1 N–H and O–H groups in total. The molecule has 0 saturated heterocycles. The van der Waals surface area contributed by atoms with Crippen LogP contribution >= 0.6 is 11.6 Å². The smallest absolute Gasteiger partial charge is 0.264 e. The maximum atomic E-state index is 13.4. The summed E-state index contributed by atoms with van der Waals surface area (Å²) in [7, 11) is -3.98. The summed E-state index contributed by atoms with van der Waals surface area (Å²) in [5.41, 5.74) is 1.81. The highest BCUT2D eigenvalue weighted by Crippen LogP contribution is 2.26. The van der Waals surface area contributed by atoms with E-state index in [2.05, 4.69) is 5.32 Å². The Hall–Kier alpha value is -3.03. The highest BCUT2D eigenvalue weighted by atomic mass is 35.5. The Kier molecular flexibility index (Phi) is 7.43. The number of nitrogens with zero attached hydrogens (tertiary/aromatic N) is 1. The van der Waals surface area contributed by atoms with E-state index >= 15 is 0 Å². The van der Waals surface area contributed by atoms with Crippen LogP contribution in [0.4, 0.5) is 11.4 Å². The zero-order chi connectivity index (χ0) is 23.3. The van der Waals surface area contributed by atoms with Crippen molar-refractivity contribution < 1.29 is 17.9 Å². The number of benzene rings is 3. The number of hydrogen-bond donors (Lipinski definition) is 1. The number of rotatable bonds is 8. The lowest BCUT2D eigenvalue weighted by Crippen LogP contribution is -2.38. The van der Waals surface area contributed by atoms with E-state index in [9.17, 15) is 13.2 Å². The zero-order valence-electron chi connectivity index (χ0n) is 18.1. The summed E-state index contributed by atoms with van der Waals surface area (Å²) in [5.74, 6) is 0.205. The van der Waals surface area contributed by atoms with Gasteiger partial charge in [-0.1, -0.05) is 29.3 Å².